The molecule has 6 unspecified atom stereocenters. The molecular weight excluding hydrogens is 536 g/mol. The number of carbonyl (C=O) groups is 2. The number of benzene rings is 1. The quantitative estimate of drug-likeness (QED) is 0.307. The van der Waals surface area contributed by atoms with Crippen molar-refractivity contribution in [3.8, 4) is 0 Å². The maximum Gasteiger partial charge on any atom is 0.320 e. The lowest BCUT2D eigenvalue weighted by molar-refractivity contribution is -0.143. The van der Waals surface area contributed by atoms with Crippen molar-refractivity contribution in [3.63, 3.8) is 0 Å². The predicted octanol–water partition coefficient (Wildman–Crippen LogP) is 5.02. The molecule has 2 amide bonds. The van der Waals surface area contributed by atoms with E-state index in [-0.39, 0.29) is 42.0 Å². The van der Waals surface area contributed by atoms with Gasteiger partial charge in [-0.3, -0.25) is 10.1 Å². The Bertz CT molecular complexity index is 1430. The van der Waals surface area contributed by atoms with Crippen molar-refractivity contribution in [3.05, 3.63) is 54.6 Å². The molecule has 6 rings (SSSR count). The summed E-state index contributed by atoms with van der Waals surface area (Å²) in [4.78, 5) is 37.2. The van der Waals surface area contributed by atoms with Crippen LogP contribution in [0.4, 0.5) is 10.6 Å². The molecule has 3 fully saturated rings. The number of carbonyl (C=O) groups excluding carboxylic acids is 1. The van der Waals surface area contributed by atoms with E-state index in [1.165, 1.54) is 6.33 Å². The van der Waals surface area contributed by atoms with Crippen LogP contribution >= 0.6 is 0 Å². The number of amides is 2. The van der Waals surface area contributed by atoms with E-state index in [0.717, 1.165) is 50.5 Å². The number of carboxylic acid groups (broad SMARTS) is 1. The number of fused-ring (bicyclic) bond motifs is 2. The predicted molar refractivity (Wildman–Crippen MR) is 156 cm³/mol. The van der Waals surface area contributed by atoms with Crippen LogP contribution in [0.15, 0.2) is 49.1 Å². The fraction of sp³-hybridized carbons (Fsp3) is 0.516. The van der Waals surface area contributed by atoms with Crippen molar-refractivity contribution < 1.29 is 24.2 Å². The van der Waals surface area contributed by atoms with Crippen molar-refractivity contribution in [1.29, 1.82) is 0 Å². The Morgan fingerprint density at radius 3 is 2.69 bits per heavy atom. The van der Waals surface area contributed by atoms with Crippen molar-refractivity contribution in [2.45, 2.75) is 76.4 Å². The van der Waals surface area contributed by atoms with E-state index in [2.05, 4.69) is 25.6 Å². The molecule has 1 aliphatic heterocycles. The number of aromatic nitrogens is 4. The SMILES string of the molecule is CCNC(=O)Nc1ncnc2c1ncn2C1CC(CCCC2CCCC2C(=O)O)C2O[C@H](/C=C/c3ccccc3)OC21. The monoisotopic (exact) mass is 574 g/mol. The first-order valence-electron chi connectivity index (χ1n) is 15.0. The second-order valence-corrected chi connectivity index (χ2v) is 11.5. The Morgan fingerprint density at radius 2 is 1.88 bits per heavy atom. The molecule has 3 N–H and O–H groups in total. The molecule has 3 aromatic rings. The van der Waals surface area contributed by atoms with Crippen LogP contribution in [0.3, 0.4) is 0 Å². The molecule has 11 heteroatoms. The molecule has 2 saturated carbocycles. The van der Waals surface area contributed by atoms with Crippen LogP contribution in [0, 0.1) is 17.8 Å². The van der Waals surface area contributed by atoms with Gasteiger partial charge in [0.1, 0.15) is 12.4 Å². The van der Waals surface area contributed by atoms with E-state index in [1.807, 2.05) is 54.0 Å². The minimum atomic E-state index is -0.658. The normalized spacial score (nSPS) is 28.8. The lowest BCUT2D eigenvalue weighted by Gasteiger charge is -2.20. The minimum absolute atomic E-state index is 0.0643. The number of nitrogens with one attached hydrogen (secondary N) is 2. The first-order chi connectivity index (χ1) is 20.5. The van der Waals surface area contributed by atoms with Gasteiger partial charge >= 0.3 is 12.0 Å². The number of aliphatic carboxylic acids is 1. The average molecular weight is 575 g/mol. The zero-order valence-corrected chi connectivity index (χ0v) is 23.8. The number of nitrogens with zero attached hydrogens (tertiary/aromatic N) is 4. The van der Waals surface area contributed by atoms with Gasteiger partial charge in [-0.2, -0.15) is 0 Å². The number of imidazole rings is 1. The fourth-order valence-corrected chi connectivity index (χ4v) is 7.01. The molecule has 2 aromatic heterocycles. The third-order valence-electron chi connectivity index (χ3n) is 8.95. The average Bonchev–Trinajstić information content (AvgIpc) is 3.77. The highest BCUT2D eigenvalue weighted by atomic mass is 16.7. The van der Waals surface area contributed by atoms with Crippen LogP contribution in [-0.4, -0.2) is 61.7 Å². The van der Waals surface area contributed by atoms with Crippen molar-refractivity contribution in [2.24, 2.45) is 17.8 Å². The smallest absolute Gasteiger partial charge is 0.320 e. The number of hydrogen-bond acceptors (Lipinski definition) is 7. The van der Waals surface area contributed by atoms with Gasteiger partial charge in [0.2, 0.25) is 0 Å². The molecule has 1 aromatic carbocycles. The zero-order valence-electron chi connectivity index (χ0n) is 23.8. The van der Waals surface area contributed by atoms with Crippen LogP contribution in [0.2, 0.25) is 0 Å². The van der Waals surface area contributed by atoms with Gasteiger partial charge in [0.15, 0.2) is 23.3 Å². The summed E-state index contributed by atoms with van der Waals surface area (Å²) in [6.45, 7) is 2.34. The lowest BCUT2D eigenvalue weighted by atomic mass is 9.88. The van der Waals surface area contributed by atoms with Crippen LogP contribution in [0.1, 0.15) is 63.5 Å². The second-order valence-electron chi connectivity index (χ2n) is 11.5. The largest absolute Gasteiger partial charge is 0.481 e. The van der Waals surface area contributed by atoms with Gasteiger partial charge in [0.05, 0.1) is 24.4 Å². The van der Waals surface area contributed by atoms with E-state index >= 15 is 0 Å². The Morgan fingerprint density at radius 1 is 1.07 bits per heavy atom. The summed E-state index contributed by atoms with van der Waals surface area (Å²) >= 11 is 0. The molecule has 11 nitrogen and oxygen atoms in total. The third kappa shape index (κ3) is 5.89. The summed E-state index contributed by atoms with van der Waals surface area (Å²) in [5, 5.41) is 15.1. The second kappa shape index (κ2) is 12.6. The Kier molecular flexibility index (Phi) is 8.48. The van der Waals surface area contributed by atoms with Crippen molar-refractivity contribution in [1.82, 2.24) is 24.8 Å². The molecule has 0 spiro atoms. The Labute approximate surface area is 244 Å². The number of urea groups is 1. The standard InChI is InChI=1S/C31H38N6O5/c1-2-32-31(40)36-28-25-29(34-17-33-28)37(18-35-25)23-16-21(12-6-10-20-11-7-13-22(20)30(38)39)26-27(23)42-24(41-26)15-14-19-8-4-3-5-9-19/h3-5,8-9,14-15,17-18,20-24,26-27H,2,6-7,10-13,16H2,1H3,(H,38,39)(H2,32,33,34,36,40)/b15-14+/t20?,21?,22?,23?,24-,26?,27?/m0/s1. The zero-order chi connectivity index (χ0) is 29.1. The van der Waals surface area contributed by atoms with Crippen LogP contribution in [0.25, 0.3) is 17.2 Å². The Hall–Kier alpha value is -3.83. The van der Waals surface area contributed by atoms with E-state index in [1.54, 1.807) is 6.33 Å². The van der Waals surface area contributed by atoms with Gasteiger partial charge in [-0.1, -0.05) is 49.2 Å². The molecule has 3 heterocycles. The molecule has 7 atom stereocenters. The van der Waals surface area contributed by atoms with Crippen LogP contribution in [-0.2, 0) is 14.3 Å². The number of rotatable bonds is 10. The van der Waals surface area contributed by atoms with Gasteiger partial charge in [0.25, 0.3) is 0 Å². The Balaban J connectivity index is 1.21. The fourth-order valence-electron chi connectivity index (χ4n) is 7.01. The number of ether oxygens (including phenoxy) is 2. The highest BCUT2D eigenvalue weighted by Crippen LogP contribution is 2.47. The minimum Gasteiger partial charge on any atom is -0.481 e. The van der Waals surface area contributed by atoms with Gasteiger partial charge < -0.3 is 24.5 Å². The summed E-state index contributed by atoms with van der Waals surface area (Å²) < 4.78 is 15.1. The maximum atomic E-state index is 12.2. The lowest BCUT2D eigenvalue weighted by Crippen LogP contribution is -2.28. The topological polar surface area (TPSA) is 140 Å². The first-order valence-corrected chi connectivity index (χ1v) is 15.0. The highest BCUT2D eigenvalue weighted by molar-refractivity contribution is 5.95. The summed E-state index contributed by atoms with van der Waals surface area (Å²) in [5.74, 6) is -0.0246. The number of carboxylic acids is 1. The van der Waals surface area contributed by atoms with Crippen LogP contribution in [0.5, 0.6) is 0 Å². The first kappa shape index (κ1) is 28.3. The summed E-state index contributed by atoms with van der Waals surface area (Å²) in [5.41, 5.74) is 2.22. The highest BCUT2D eigenvalue weighted by Gasteiger charge is 2.51. The molecule has 3 aliphatic rings. The number of hydrogen-bond donors (Lipinski definition) is 3. The number of anilines is 1. The van der Waals surface area contributed by atoms with Crippen molar-refractivity contribution in [2.75, 3.05) is 11.9 Å². The van der Waals surface area contributed by atoms with Gasteiger partial charge in [-0.05, 0) is 62.5 Å². The van der Waals surface area contributed by atoms with Crippen molar-refractivity contribution >= 4 is 35.1 Å². The van der Waals surface area contributed by atoms with E-state index < -0.39 is 12.3 Å². The summed E-state index contributed by atoms with van der Waals surface area (Å²) in [6, 6.07) is 9.64. The molecule has 0 bridgehead atoms. The summed E-state index contributed by atoms with van der Waals surface area (Å²) in [7, 11) is 0. The van der Waals surface area contributed by atoms with E-state index in [4.69, 9.17) is 9.47 Å². The molecule has 222 valence electrons. The maximum absolute atomic E-state index is 12.2. The molecule has 42 heavy (non-hydrogen) atoms. The van der Waals surface area contributed by atoms with E-state index in [0.29, 0.717) is 23.5 Å². The molecule has 0 radical (unpaired) electrons. The third-order valence-corrected chi connectivity index (χ3v) is 8.95. The van der Waals surface area contributed by atoms with Crippen LogP contribution < -0.4 is 10.6 Å². The van der Waals surface area contributed by atoms with E-state index in [9.17, 15) is 14.7 Å². The summed E-state index contributed by atoms with van der Waals surface area (Å²) in [6.07, 6.45) is 12.8. The molecule has 1 saturated heterocycles. The molecule has 2 aliphatic carbocycles. The van der Waals surface area contributed by atoms with Gasteiger partial charge in [-0.15, -0.1) is 0 Å². The van der Waals surface area contributed by atoms with Gasteiger partial charge in [-0.25, -0.2) is 19.7 Å². The van der Waals surface area contributed by atoms with Gasteiger partial charge in [0, 0.05) is 6.54 Å². The molecular formula is C31H38N6O5.